The second kappa shape index (κ2) is 6.42. The summed E-state index contributed by atoms with van der Waals surface area (Å²) in [6.45, 7) is 4.98. The number of hydrogen-bond donors (Lipinski definition) is 2. The Hall–Kier alpha value is -1.92. The van der Waals surface area contributed by atoms with Gasteiger partial charge in [0, 0.05) is 43.5 Å². The number of nitrogens with zero attached hydrogens (tertiary/aromatic N) is 3. The zero-order valence-electron chi connectivity index (χ0n) is 14.3. The molecule has 4 rings (SSSR count). The van der Waals surface area contributed by atoms with Gasteiger partial charge in [0.25, 0.3) is 0 Å². The summed E-state index contributed by atoms with van der Waals surface area (Å²) in [5, 5.41) is 15.4. The van der Waals surface area contributed by atoms with E-state index >= 15 is 0 Å². The normalized spacial score (nSPS) is 20.8. The van der Waals surface area contributed by atoms with Gasteiger partial charge in [0.15, 0.2) is 0 Å². The van der Waals surface area contributed by atoms with Gasteiger partial charge in [-0.05, 0) is 31.0 Å². The lowest BCUT2D eigenvalue weighted by molar-refractivity contribution is -0.134. The SMILES string of the molecule is Cc1nnc2n1CC(CNC(=O)C1(Cc3ccc(Cl)cc3)CNC1)C2. The summed E-state index contributed by atoms with van der Waals surface area (Å²) in [7, 11) is 0. The van der Waals surface area contributed by atoms with Gasteiger partial charge in [-0.2, -0.15) is 0 Å². The molecule has 2 aromatic rings. The Balaban J connectivity index is 1.35. The van der Waals surface area contributed by atoms with E-state index < -0.39 is 0 Å². The zero-order chi connectivity index (χ0) is 17.4. The van der Waals surface area contributed by atoms with Gasteiger partial charge in [0.05, 0.1) is 5.41 Å². The second-order valence-corrected chi connectivity index (χ2v) is 7.68. The Bertz CT molecular complexity index is 781. The average molecular weight is 360 g/mol. The standard InChI is InChI=1S/C18H22ClN5O/c1-12-22-23-16-6-14(9-24(12)16)8-21-17(25)18(10-20-11-18)7-13-2-4-15(19)5-3-13/h2-5,14,20H,6-11H2,1H3,(H,21,25). The molecule has 1 aromatic heterocycles. The highest BCUT2D eigenvalue weighted by atomic mass is 35.5. The molecule has 7 heteroatoms. The molecule has 6 nitrogen and oxygen atoms in total. The highest BCUT2D eigenvalue weighted by Crippen LogP contribution is 2.29. The molecule has 0 radical (unpaired) electrons. The second-order valence-electron chi connectivity index (χ2n) is 7.24. The zero-order valence-corrected chi connectivity index (χ0v) is 15.0. The first-order chi connectivity index (χ1) is 12.1. The summed E-state index contributed by atoms with van der Waals surface area (Å²) >= 11 is 5.95. The number of aryl methyl sites for hydroxylation is 1. The molecule has 2 aliphatic heterocycles. The fraction of sp³-hybridized carbons (Fsp3) is 0.500. The van der Waals surface area contributed by atoms with Gasteiger partial charge in [-0.3, -0.25) is 4.79 Å². The molecule has 2 N–H and O–H groups in total. The van der Waals surface area contributed by atoms with Crippen molar-refractivity contribution in [2.75, 3.05) is 19.6 Å². The average Bonchev–Trinajstić information content (AvgIpc) is 3.12. The summed E-state index contributed by atoms with van der Waals surface area (Å²) in [6.07, 6.45) is 1.61. The van der Waals surface area contributed by atoms with Crippen molar-refractivity contribution in [3.63, 3.8) is 0 Å². The first kappa shape index (κ1) is 16.5. The summed E-state index contributed by atoms with van der Waals surface area (Å²) in [5.41, 5.74) is 0.793. The summed E-state index contributed by atoms with van der Waals surface area (Å²) < 4.78 is 2.14. The number of amides is 1. The van der Waals surface area contributed by atoms with Crippen molar-refractivity contribution in [3.8, 4) is 0 Å². The van der Waals surface area contributed by atoms with Gasteiger partial charge in [0.2, 0.25) is 5.91 Å². The van der Waals surface area contributed by atoms with Gasteiger partial charge in [-0.15, -0.1) is 10.2 Å². The number of halogens is 1. The number of benzene rings is 1. The Morgan fingerprint density at radius 2 is 2.12 bits per heavy atom. The first-order valence-electron chi connectivity index (χ1n) is 8.68. The Morgan fingerprint density at radius 1 is 1.36 bits per heavy atom. The molecule has 1 atom stereocenters. The predicted octanol–water partition coefficient (Wildman–Crippen LogP) is 1.36. The number of aromatic nitrogens is 3. The molecular weight excluding hydrogens is 338 g/mol. The third-order valence-corrected chi connectivity index (χ3v) is 5.59. The third kappa shape index (κ3) is 3.16. The van der Waals surface area contributed by atoms with E-state index in [1.165, 1.54) is 0 Å². The van der Waals surface area contributed by atoms with Crippen molar-refractivity contribution in [2.45, 2.75) is 26.3 Å². The highest BCUT2D eigenvalue weighted by Gasteiger charge is 2.44. The smallest absolute Gasteiger partial charge is 0.229 e. The predicted molar refractivity (Wildman–Crippen MR) is 95.4 cm³/mol. The van der Waals surface area contributed by atoms with E-state index in [0.29, 0.717) is 12.5 Å². The summed E-state index contributed by atoms with van der Waals surface area (Å²) in [6, 6.07) is 7.76. The summed E-state index contributed by atoms with van der Waals surface area (Å²) in [5.74, 6) is 2.51. The lowest BCUT2D eigenvalue weighted by atomic mass is 9.75. The van der Waals surface area contributed by atoms with Crippen LogP contribution in [0.1, 0.15) is 17.2 Å². The van der Waals surface area contributed by atoms with Crippen molar-refractivity contribution in [3.05, 3.63) is 46.5 Å². The molecule has 1 aromatic carbocycles. The Kier molecular flexibility index (Phi) is 4.25. The van der Waals surface area contributed by atoms with E-state index in [9.17, 15) is 4.79 Å². The van der Waals surface area contributed by atoms with E-state index in [4.69, 9.17) is 11.6 Å². The molecule has 0 spiro atoms. The van der Waals surface area contributed by atoms with Crippen LogP contribution in [0.2, 0.25) is 5.02 Å². The maximum atomic E-state index is 12.8. The van der Waals surface area contributed by atoms with E-state index in [1.54, 1.807) is 0 Å². The van der Waals surface area contributed by atoms with Gasteiger partial charge < -0.3 is 15.2 Å². The molecule has 1 saturated heterocycles. The summed E-state index contributed by atoms with van der Waals surface area (Å²) in [4.78, 5) is 12.8. The quantitative estimate of drug-likeness (QED) is 0.845. The highest BCUT2D eigenvalue weighted by molar-refractivity contribution is 6.30. The fourth-order valence-electron chi connectivity index (χ4n) is 3.74. The minimum absolute atomic E-state index is 0.139. The molecule has 0 aliphatic carbocycles. The van der Waals surface area contributed by atoms with E-state index in [2.05, 4.69) is 25.4 Å². The maximum Gasteiger partial charge on any atom is 0.229 e. The third-order valence-electron chi connectivity index (χ3n) is 5.34. The molecule has 132 valence electrons. The first-order valence-corrected chi connectivity index (χ1v) is 9.06. The van der Waals surface area contributed by atoms with Crippen molar-refractivity contribution >= 4 is 17.5 Å². The van der Waals surface area contributed by atoms with Crippen LogP contribution in [0.5, 0.6) is 0 Å². The van der Waals surface area contributed by atoms with Crippen LogP contribution in [0.25, 0.3) is 0 Å². The topological polar surface area (TPSA) is 71.8 Å². The number of rotatable bonds is 5. The monoisotopic (exact) mass is 359 g/mol. The molecular formula is C18H22ClN5O. The van der Waals surface area contributed by atoms with Gasteiger partial charge in [-0.1, -0.05) is 23.7 Å². The molecule has 1 amide bonds. The molecule has 25 heavy (non-hydrogen) atoms. The van der Waals surface area contributed by atoms with Gasteiger partial charge >= 0.3 is 0 Å². The van der Waals surface area contributed by atoms with Crippen LogP contribution >= 0.6 is 11.6 Å². The van der Waals surface area contributed by atoms with Crippen molar-refractivity contribution in [1.29, 1.82) is 0 Å². The Morgan fingerprint density at radius 3 is 2.76 bits per heavy atom. The van der Waals surface area contributed by atoms with Gasteiger partial charge in [0.1, 0.15) is 11.6 Å². The van der Waals surface area contributed by atoms with Crippen LogP contribution in [0, 0.1) is 18.3 Å². The van der Waals surface area contributed by atoms with E-state index in [0.717, 1.165) is 54.7 Å². The lowest BCUT2D eigenvalue weighted by Crippen LogP contribution is -2.62. The van der Waals surface area contributed by atoms with Crippen LogP contribution in [0.4, 0.5) is 0 Å². The molecule has 3 heterocycles. The molecule has 0 saturated carbocycles. The van der Waals surface area contributed by atoms with Gasteiger partial charge in [-0.25, -0.2) is 0 Å². The largest absolute Gasteiger partial charge is 0.355 e. The number of carbonyl (C=O) groups is 1. The minimum Gasteiger partial charge on any atom is -0.355 e. The van der Waals surface area contributed by atoms with Crippen LogP contribution in [-0.2, 0) is 24.2 Å². The van der Waals surface area contributed by atoms with E-state index in [-0.39, 0.29) is 11.3 Å². The van der Waals surface area contributed by atoms with Crippen molar-refractivity contribution in [2.24, 2.45) is 11.3 Å². The fourth-order valence-corrected chi connectivity index (χ4v) is 3.87. The number of fused-ring (bicyclic) bond motifs is 1. The van der Waals surface area contributed by atoms with Crippen LogP contribution < -0.4 is 10.6 Å². The lowest BCUT2D eigenvalue weighted by Gasteiger charge is -2.41. The van der Waals surface area contributed by atoms with E-state index in [1.807, 2.05) is 31.2 Å². The molecule has 1 unspecified atom stereocenters. The number of hydrogen-bond acceptors (Lipinski definition) is 4. The minimum atomic E-state index is -0.350. The number of nitrogens with one attached hydrogen (secondary N) is 2. The number of carbonyl (C=O) groups excluding carboxylic acids is 1. The molecule has 0 bridgehead atoms. The van der Waals surface area contributed by atoms with Crippen LogP contribution in [-0.4, -0.2) is 40.3 Å². The van der Waals surface area contributed by atoms with Crippen molar-refractivity contribution in [1.82, 2.24) is 25.4 Å². The van der Waals surface area contributed by atoms with Crippen molar-refractivity contribution < 1.29 is 4.79 Å². The molecule has 1 fully saturated rings. The Labute approximate surface area is 152 Å². The maximum absolute atomic E-state index is 12.8. The van der Waals surface area contributed by atoms with Crippen LogP contribution in [0.3, 0.4) is 0 Å². The van der Waals surface area contributed by atoms with Crippen LogP contribution in [0.15, 0.2) is 24.3 Å². The molecule has 2 aliphatic rings.